The monoisotopic (exact) mass is 210 g/mol. The summed E-state index contributed by atoms with van der Waals surface area (Å²) in [6.45, 7) is 1.80. The summed E-state index contributed by atoms with van der Waals surface area (Å²) < 4.78 is 18.7. The summed E-state index contributed by atoms with van der Waals surface area (Å²) in [5, 5.41) is 9.73. The summed E-state index contributed by atoms with van der Waals surface area (Å²) >= 11 is 0. The first-order chi connectivity index (χ1) is 7.04. The third-order valence-corrected chi connectivity index (χ3v) is 2.91. The molecule has 0 atom stereocenters. The van der Waals surface area contributed by atoms with Crippen molar-refractivity contribution in [3.8, 4) is 5.75 Å². The number of hydrogen-bond acceptors (Lipinski definition) is 2. The van der Waals surface area contributed by atoms with Crippen LogP contribution in [0.15, 0.2) is 12.1 Å². The fourth-order valence-corrected chi connectivity index (χ4v) is 1.73. The normalized spacial score (nSPS) is 17.6. The van der Waals surface area contributed by atoms with Crippen LogP contribution in [0.5, 0.6) is 5.75 Å². The van der Waals surface area contributed by atoms with Crippen molar-refractivity contribution in [1.82, 2.24) is 0 Å². The van der Waals surface area contributed by atoms with E-state index in [2.05, 4.69) is 0 Å². The van der Waals surface area contributed by atoms with Crippen LogP contribution in [0.3, 0.4) is 0 Å². The molecular formula is C12H15FO2. The van der Waals surface area contributed by atoms with E-state index in [1.807, 2.05) is 0 Å². The van der Waals surface area contributed by atoms with E-state index in [9.17, 15) is 9.50 Å². The molecule has 0 radical (unpaired) electrons. The topological polar surface area (TPSA) is 29.5 Å². The first-order valence-corrected chi connectivity index (χ1v) is 5.09. The van der Waals surface area contributed by atoms with Gasteiger partial charge in [0.2, 0.25) is 0 Å². The zero-order valence-electron chi connectivity index (χ0n) is 9.01. The van der Waals surface area contributed by atoms with Crippen molar-refractivity contribution in [2.24, 2.45) is 0 Å². The molecule has 0 bridgehead atoms. The molecule has 0 amide bonds. The molecule has 1 aliphatic rings. The van der Waals surface area contributed by atoms with Crippen molar-refractivity contribution < 1.29 is 14.2 Å². The van der Waals surface area contributed by atoms with Gasteiger partial charge in [-0.05, 0) is 43.0 Å². The Bertz CT molecular complexity index is 383. The van der Waals surface area contributed by atoms with Crippen LogP contribution in [0.2, 0.25) is 0 Å². The summed E-state index contributed by atoms with van der Waals surface area (Å²) in [5.74, 6) is 0.421. The van der Waals surface area contributed by atoms with Crippen LogP contribution in [-0.4, -0.2) is 17.8 Å². The number of halogens is 1. The molecule has 3 heteroatoms. The third kappa shape index (κ3) is 2.12. The molecule has 0 unspecified atom stereocenters. The molecule has 1 aromatic carbocycles. The zero-order chi connectivity index (χ0) is 11.1. The SMILES string of the molecule is COc1cc(CC2(O)CC2)c(F)cc1C. The molecule has 2 rings (SSSR count). The van der Waals surface area contributed by atoms with Crippen molar-refractivity contribution in [3.05, 3.63) is 29.1 Å². The van der Waals surface area contributed by atoms with Gasteiger partial charge in [0.15, 0.2) is 0 Å². The highest BCUT2D eigenvalue weighted by Gasteiger charge is 2.40. The molecule has 15 heavy (non-hydrogen) atoms. The van der Waals surface area contributed by atoms with Crippen LogP contribution in [0, 0.1) is 12.7 Å². The Morgan fingerprint density at radius 2 is 2.13 bits per heavy atom. The van der Waals surface area contributed by atoms with Crippen LogP contribution in [0.4, 0.5) is 4.39 Å². The average molecular weight is 210 g/mol. The number of ether oxygens (including phenoxy) is 1. The molecule has 1 saturated carbocycles. The summed E-state index contributed by atoms with van der Waals surface area (Å²) in [6.07, 6.45) is 1.92. The minimum absolute atomic E-state index is 0.256. The Morgan fingerprint density at radius 3 is 2.67 bits per heavy atom. The minimum atomic E-state index is -0.666. The predicted molar refractivity (Wildman–Crippen MR) is 55.6 cm³/mol. The molecule has 0 spiro atoms. The first-order valence-electron chi connectivity index (χ1n) is 5.09. The van der Waals surface area contributed by atoms with Crippen molar-refractivity contribution >= 4 is 0 Å². The first kappa shape index (κ1) is 10.4. The lowest BCUT2D eigenvalue weighted by Gasteiger charge is -2.12. The van der Waals surface area contributed by atoms with Crippen LogP contribution < -0.4 is 4.74 Å². The van der Waals surface area contributed by atoms with Crippen molar-refractivity contribution in [1.29, 1.82) is 0 Å². The molecule has 0 saturated heterocycles. The van der Waals surface area contributed by atoms with Crippen molar-refractivity contribution in [3.63, 3.8) is 0 Å². The number of methoxy groups -OCH3 is 1. The molecular weight excluding hydrogens is 195 g/mol. The fourth-order valence-electron chi connectivity index (χ4n) is 1.73. The highest BCUT2D eigenvalue weighted by Crippen LogP contribution is 2.39. The molecule has 1 aliphatic carbocycles. The second-order valence-corrected chi connectivity index (χ2v) is 4.31. The Morgan fingerprint density at radius 1 is 1.47 bits per heavy atom. The number of benzene rings is 1. The van der Waals surface area contributed by atoms with Crippen LogP contribution >= 0.6 is 0 Å². The van der Waals surface area contributed by atoms with Gasteiger partial charge < -0.3 is 9.84 Å². The van der Waals surface area contributed by atoms with E-state index in [1.165, 1.54) is 6.07 Å². The molecule has 0 aromatic heterocycles. The van der Waals surface area contributed by atoms with E-state index in [1.54, 1.807) is 20.1 Å². The maximum Gasteiger partial charge on any atom is 0.127 e. The summed E-state index contributed by atoms with van der Waals surface area (Å²) in [7, 11) is 1.57. The highest BCUT2D eigenvalue weighted by atomic mass is 19.1. The van der Waals surface area contributed by atoms with E-state index in [-0.39, 0.29) is 5.82 Å². The van der Waals surface area contributed by atoms with Gasteiger partial charge in [-0.1, -0.05) is 0 Å². The van der Waals surface area contributed by atoms with Crippen LogP contribution in [0.25, 0.3) is 0 Å². The second-order valence-electron chi connectivity index (χ2n) is 4.31. The molecule has 1 N–H and O–H groups in total. The maximum atomic E-state index is 13.6. The minimum Gasteiger partial charge on any atom is -0.496 e. The van der Waals surface area contributed by atoms with E-state index >= 15 is 0 Å². The maximum absolute atomic E-state index is 13.6. The van der Waals surface area contributed by atoms with E-state index in [0.717, 1.165) is 18.4 Å². The molecule has 1 fully saturated rings. The molecule has 0 heterocycles. The quantitative estimate of drug-likeness (QED) is 0.828. The lowest BCUT2D eigenvalue weighted by Crippen LogP contribution is -2.12. The van der Waals surface area contributed by atoms with E-state index in [4.69, 9.17) is 4.74 Å². The highest BCUT2D eigenvalue weighted by molar-refractivity contribution is 5.38. The van der Waals surface area contributed by atoms with Gasteiger partial charge in [-0.3, -0.25) is 0 Å². The Balaban J connectivity index is 2.29. The number of rotatable bonds is 3. The van der Waals surface area contributed by atoms with E-state index in [0.29, 0.717) is 17.7 Å². The molecule has 2 nitrogen and oxygen atoms in total. The standard InChI is InChI=1S/C12H15FO2/c1-8-5-10(13)9(6-11(8)15-2)7-12(14)3-4-12/h5-6,14H,3-4,7H2,1-2H3. The van der Waals surface area contributed by atoms with Gasteiger partial charge in [-0.2, -0.15) is 0 Å². The second kappa shape index (κ2) is 3.49. The van der Waals surface area contributed by atoms with E-state index < -0.39 is 5.60 Å². The van der Waals surface area contributed by atoms with Gasteiger partial charge >= 0.3 is 0 Å². The van der Waals surface area contributed by atoms with Gasteiger partial charge in [0.05, 0.1) is 12.7 Å². The lowest BCUT2D eigenvalue weighted by atomic mass is 10.0. The van der Waals surface area contributed by atoms with Crippen molar-refractivity contribution in [2.45, 2.75) is 31.8 Å². The van der Waals surface area contributed by atoms with Gasteiger partial charge in [0.25, 0.3) is 0 Å². The number of aryl methyl sites for hydroxylation is 1. The summed E-state index contributed by atoms with van der Waals surface area (Å²) in [6, 6.07) is 3.14. The van der Waals surface area contributed by atoms with Crippen LogP contribution in [0.1, 0.15) is 24.0 Å². The Hall–Kier alpha value is -1.09. The lowest BCUT2D eigenvalue weighted by molar-refractivity contribution is 0.149. The largest absolute Gasteiger partial charge is 0.496 e. The molecule has 1 aromatic rings. The van der Waals surface area contributed by atoms with Gasteiger partial charge in [-0.25, -0.2) is 4.39 Å². The Labute approximate surface area is 88.7 Å². The number of hydrogen-bond donors (Lipinski definition) is 1. The molecule has 82 valence electrons. The summed E-state index contributed by atoms with van der Waals surface area (Å²) in [5.41, 5.74) is 0.653. The molecule has 0 aliphatic heterocycles. The third-order valence-electron chi connectivity index (χ3n) is 2.91. The Kier molecular flexibility index (Phi) is 2.43. The number of aliphatic hydroxyl groups is 1. The predicted octanol–water partition coefficient (Wildman–Crippen LogP) is 2.21. The van der Waals surface area contributed by atoms with Gasteiger partial charge in [0.1, 0.15) is 11.6 Å². The fraction of sp³-hybridized carbons (Fsp3) is 0.500. The van der Waals surface area contributed by atoms with Gasteiger partial charge in [-0.15, -0.1) is 0 Å². The average Bonchev–Trinajstić information content (AvgIpc) is 2.89. The smallest absolute Gasteiger partial charge is 0.127 e. The van der Waals surface area contributed by atoms with Crippen LogP contribution in [-0.2, 0) is 6.42 Å². The van der Waals surface area contributed by atoms with Crippen molar-refractivity contribution in [2.75, 3.05) is 7.11 Å². The zero-order valence-corrected chi connectivity index (χ0v) is 9.01. The summed E-state index contributed by atoms with van der Waals surface area (Å²) in [4.78, 5) is 0. The van der Waals surface area contributed by atoms with Gasteiger partial charge in [0, 0.05) is 6.42 Å².